The molecule has 33 heavy (non-hydrogen) atoms. The Bertz CT molecular complexity index is 1200. The highest BCUT2D eigenvalue weighted by Gasteiger charge is 2.31. The molecule has 0 spiro atoms. The van der Waals surface area contributed by atoms with E-state index < -0.39 is 11.9 Å². The molecule has 2 amide bonds. The molecule has 1 unspecified atom stereocenters. The summed E-state index contributed by atoms with van der Waals surface area (Å²) in [5.74, 6) is -0.193. The summed E-state index contributed by atoms with van der Waals surface area (Å²) < 4.78 is 5.62. The molecule has 1 aromatic heterocycles. The maximum atomic E-state index is 13.1. The number of hydrogen-bond acceptors (Lipinski definition) is 5. The predicted molar refractivity (Wildman–Crippen MR) is 129 cm³/mol. The molecule has 4 rings (SSSR count). The average molecular weight is 445 g/mol. The Kier molecular flexibility index (Phi) is 6.68. The van der Waals surface area contributed by atoms with Crippen LogP contribution in [-0.4, -0.2) is 35.8 Å². The number of aliphatic imine (C=N–C) groups is 1. The molecule has 1 heterocycles. The van der Waals surface area contributed by atoms with Crippen molar-refractivity contribution in [1.82, 2.24) is 10.5 Å². The van der Waals surface area contributed by atoms with Gasteiger partial charge in [0.05, 0.1) is 0 Å². The molecule has 1 aliphatic rings. The molecule has 7 nitrogen and oxygen atoms in total. The van der Waals surface area contributed by atoms with Crippen LogP contribution in [0.15, 0.2) is 58.0 Å². The van der Waals surface area contributed by atoms with Crippen LogP contribution in [0, 0.1) is 0 Å². The topological polar surface area (TPSA) is 96.6 Å². The van der Waals surface area contributed by atoms with Gasteiger partial charge in [-0.05, 0) is 49.4 Å². The largest absolute Gasteiger partial charge is 0.355 e. The van der Waals surface area contributed by atoms with Gasteiger partial charge < -0.3 is 15.2 Å². The molecule has 0 bridgehead atoms. The lowest BCUT2D eigenvalue weighted by molar-refractivity contribution is -0.116. The quantitative estimate of drug-likeness (QED) is 0.533. The van der Waals surface area contributed by atoms with Gasteiger partial charge in [-0.2, -0.15) is 0 Å². The first-order chi connectivity index (χ1) is 16.0. The summed E-state index contributed by atoms with van der Waals surface area (Å²) >= 11 is 0. The number of fused-ring (bicyclic) bond motifs is 3. The molecular weight excluding hydrogens is 416 g/mol. The summed E-state index contributed by atoms with van der Waals surface area (Å²) in [6.07, 6.45) is 3.60. The normalized spacial score (nSPS) is 13.6. The van der Waals surface area contributed by atoms with Crippen molar-refractivity contribution < 1.29 is 14.1 Å². The van der Waals surface area contributed by atoms with Crippen molar-refractivity contribution in [3.63, 3.8) is 0 Å². The molecule has 0 saturated heterocycles. The molecule has 0 fully saturated rings. The lowest BCUT2D eigenvalue weighted by Gasteiger charge is -2.19. The highest BCUT2D eigenvalue weighted by atomic mass is 16.5. The van der Waals surface area contributed by atoms with Crippen LogP contribution in [0.5, 0.6) is 0 Å². The van der Waals surface area contributed by atoms with E-state index in [0.29, 0.717) is 23.6 Å². The van der Waals surface area contributed by atoms with Crippen molar-refractivity contribution in [2.24, 2.45) is 4.99 Å². The second-order valence-corrected chi connectivity index (χ2v) is 8.21. The molecule has 7 heteroatoms. The fourth-order valence-electron chi connectivity index (χ4n) is 4.13. The van der Waals surface area contributed by atoms with Gasteiger partial charge in [0.15, 0.2) is 11.5 Å². The number of amides is 2. The second-order valence-electron chi connectivity index (χ2n) is 8.21. The molecule has 2 aromatic carbocycles. The summed E-state index contributed by atoms with van der Waals surface area (Å²) in [5.41, 5.74) is 5.62. The van der Waals surface area contributed by atoms with Crippen LogP contribution in [-0.2, 0) is 24.1 Å². The van der Waals surface area contributed by atoms with Gasteiger partial charge in [-0.1, -0.05) is 54.9 Å². The first-order valence-corrected chi connectivity index (χ1v) is 11.2. The van der Waals surface area contributed by atoms with Crippen LogP contribution >= 0.6 is 0 Å². The van der Waals surface area contributed by atoms with Gasteiger partial charge in [0.1, 0.15) is 6.04 Å². The number of anilines is 1. The lowest BCUT2D eigenvalue weighted by atomic mass is 9.88. The molecule has 3 aromatic rings. The van der Waals surface area contributed by atoms with Crippen LogP contribution in [0.2, 0.25) is 0 Å². The van der Waals surface area contributed by atoms with Gasteiger partial charge in [-0.25, -0.2) is 0 Å². The third-order valence-electron chi connectivity index (χ3n) is 5.95. The number of rotatable bonds is 7. The fourth-order valence-corrected chi connectivity index (χ4v) is 4.13. The van der Waals surface area contributed by atoms with Crippen LogP contribution in [0.1, 0.15) is 47.4 Å². The van der Waals surface area contributed by atoms with Crippen LogP contribution < -0.4 is 10.6 Å². The van der Waals surface area contributed by atoms with Gasteiger partial charge in [0.2, 0.25) is 0 Å². The zero-order valence-electron chi connectivity index (χ0n) is 19.1. The van der Waals surface area contributed by atoms with Gasteiger partial charge in [0, 0.05) is 29.6 Å². The number of aromatic nitrogens is 1. The van der Waals surface area contributed by atoms with E-state index >= 15 is 0 Å². The van der Waals surface area contributed by atoms with E-state index in [0.717, 1.165) is 30.4 Å². The number of hydrogen-bond donors (Lipinski definition) is 2. The van der Waals surface area contributed by atoms with E-state index in [9.17, 15) is 9.59 Å². The highest BCUT2D eigenvalue weighted by Crippen LogP contribution is 2.36. The molecule has 170 valence electrons. The second kappa shape index (κ2) is 9.81. The monoisotopic (exact) mass is 444 g/mol. The molecule has 1 atom stereocenters. The van der Waals surface area contributed by atoms with Crippen LogP contribution in [0.4, 0.5) is 5.69 Å². The summed E-state index contributed by atoms with van der Waals surface area (Å²) in [4.78, 5) is 30.2. The van der Waals surface area contributed by atoms with E-state index in [2.05, 4.69) is 45.9 Å². The molecule has 1 aliphatic carbocycles. The van der Waals surface area contributed by atoms with Gasteiger partial charge >= 0.3 is 0 Å². The SMILES string of the molecule is CCCc1ccc2c(c1)CCc1c(C(=O)NC(C(=O)Nc3ccccc3)C(C)=NC)noc1-2. The van der Waals surface area contributed by atoms with Crippen molar-refractivity contribution in [3.05, 3.63) is 70.9 Å². The number of carbonyl (C=O) groups excluding carboxylic acids is 2. The van der Waals surface area contributed by atoms with E-state index in [1.54, 1.807) is 26.1 Å². The molecule has 0 aliphatic heterocycles. The smallest absolute Gasteiger partial charge is 0.274 e. The Hall–Kier alpha value is -3.74. The number of para-hydroxylation sites is 1. The standard InChI is InChI=1S/C26H28N4O3/c1-4-8-17-11-13-20-18(15-17)12-14-21-23(30-33-24(20)21)26(32)29-22(16(2)27-3)25(31)28-19-9-6-5-7-10-19/h5-7,9-11,13,15,22H,4,8,12,14H2,1-3H3,(H,28,31)(H,29,32). The number of benzene rings is 2. The summed E-state index contributed by atoms with van der Waals surface area (Å²) in [7, 11) is 1.59. The minimum Gasteiger partial charge on any atom is -0.355 e. The van der Waals surface area contributed by atoms with E-state index in [1.165, 1.54) is 11.1 Å². The van der Waals surface area contributed by atoms with Gasteiger partial charge in [-0.15, -0.1) is 0 Å². The highest BCUT2D eigenvalue weighted by molar-refractivity contribution is 6.15. The van der Waals surface area contributed by atoms with Crippen molar-refractivity contribution in [2.75, 3.05) is 12.4 Å². The summed E-state index contributed by atoms with van der Waals surface area (Å²) in [6.45, 7) is 3.87. The minimum atomic E-state index is -0.928. The Morgan fingerprint density at radius 3 is 2.67 bits per heavy atom. The number of nitrogens with zero attached hydrogens (tertiary/aromatic N) is 2. The third-order valence-corrected chi connectivity index (χ3v) is 5.95. The Labute approximate surface area is 193 Å². The molecule has 2 N–H and O–H groups in total. The van der Waals surface area contributed by atoms with Gasteiger partial charge in [0.25, 0.3) is 11.8 Å². The summed E-state index contributed by atoms with van der Waals surface area (Å²) in [5, 5.41) is 9.68. The van der Waals surface area contributed by atoms with E-state index in [1.807, 2.05) is 18.2 Å². The molecular formula is C26H28N4O3. The first kappa shape index (κ1) is 22.5. The zero-order valence-corrected chi connectivity index (χ0v) is 19.1. The Balaban J connectivity index is 1.56. The zero-order chi connectivity index (χ0) is 23.4. The minimum absolute atomic E-state index is 0.217. The molecule has 0 saturated carbocycles. The fraction of sp³-hybridized carbons (Fsp3) is 0.308. The average Bonchev–Trinajstić information content (AvgIpc) is 3.27. The van der Waals surface area contributed by atoms with Crippen LogP contribution in [0.3, 0.4) is 0 Å². The Morgan fingerprint density at radius 1 is 1.15 bits per heavy atom. The predicted octanol–water partition coefficient (Wildman–Crippen LogP) is 4.22. The number of carbonyl (C=O) groups is 2. The van der Waals surface area contributed by atoms with Gasteiger partial charge in [-0.3, -0.25) is 14.6 Å². The van der Waals surface area contributed by atoms with Crippen LogP contribution in [0.25, 0.3) is 11.3 Å². The van der Waals surface area contributed by atoms with Crippen molar-refractivity contribution in [3.8, 4) is 11.3 Å². The van der Waals surface area contributed by atoms with Crippen molar-refractivity contribution in [2.45, 2.75) is 45.6 Å². The lowest BCUT2D eigenvalue weighted by Crippen LogP contribution is -2.48. The first-order valence-electron chi connectivity index (χ1n) is 11.2. The summed E-state index contributed by atoms with van der Waals surface area (Å²) in [6, 6.07) is 14.5. The van der Waals surface area contributed by atoms with E-state index in [4.69, 9.17) is 4.52 Å². The maximum absolute atomic E-state index is 13.1. The van der Waals surface area contributed by atoms with Crippen molar-refractivity contribution in [1.29, 1.82) is 0 Å². The number of nitrogens with one attached hydrogen (secondary N) is 2. The number of aryl methyl sites for hydroxylation is 2. The molecule has 0 radical (unpaired) electrons. The Morgan fingerprint density at radius 2 is 1.94 bits per heavy atom. The van der Waals surface area contributed by atoms with Crippen molar-refractivity contribution >= 4 is 23.2 Å². The maximum Gasteiger partial charge on any atom is 0.274 e. The third kappa shape index (κ3) is 4.72. The van der Waals surface area contributed by atoms with E-state index in [-0.39, 0.29) is 11.6 Å².